The number of halogens is 3. The van der Waals surface area contributed by atoms with Crippen LogP contribution in [-0.4, -0.2) is 49.1 Å². The van der Waals surface area contributed by atoms with Crippen molar-refractivity contribution in [1.82, 2.24) is 4.90 Å². The van der Waals surface area contributed by atoms with Crippen molar-refractivity contribution in [3.8, 4) is 0 Å². The highest BCUT2D eigenvalue weighted by Crippen LogP contribution is 2.37. The number of carbonyl (C=O) groups is 1. The first-order valence-electron chi connectivity index (χ1n) is 7.94. The summed E-state index contributed by atoms with van der Waals surface area (Å²) < 4.78 is 39.3. The number of alkyl halides is 3. The van der Waals surface area contributed by atoms with Crippen LogP contribution in [0.2, 0.25) is 0 Å². The number of hydrogen-bond donors (Lipinski definition) is 0. The predicted molar refractivity (Wildman–Crippen MR) is 100 cm³/mol. The monoisotopic (exact) mass is 392 g/mol. The average Bonchev–Trinajstić information content (AvgIpc) is 2.89. The van der Waals surface area contributed by atoms with Crippen molar-refractivity contribution >= 4 is 34.7 Å². The first-order valence-corrected chi connectivity index (χ1v) is 9.74. The lowest BCUT2D eigenvalue weighted by molar-refractivity contribution is -0.0861. The lowest BCUT2D eigenvalue weighted by atomic mass is 10.1. The number of carbonyl (C=O) groups excluding carboxylic acids is 1. The van der Waals surface area contributed by atoms with E-state index in [-0.39, 0.29) is 11.6 Å². The fraction of sp³-hybridized carbons (Fsp3) is 0.529. The molecule has 25 heavy (non-hydrogen) atoms. The van der Waals surface area contributed by atoms with E-state index in [1.165, 1.54) is 32.2 Å². The van der Waals surface area contributed by atoms with Gasteiger partial charge in [0.1, 0.15) is 4.88 Å². The number of nitrogens with zero attached hydrogens (tertiary/aromatic N) is 2. The molecule has 0 N–H and O–H groups in total. The molecule has 1 aromatic heterocycles. The summed E-state index contributed by atoms with van der Waals surface area (Å²) >= 11 is 2.55. The third-order valence-corrected chi connectivity index (χ3v) is 5.51. The van der Waals surface area contributed by atoms with E-state index in [0.717, 1.165) is 28.1 Å². The predicted octanol–water partition coefficient (Wildman–Crippen LogP) is 5.27. The first-order chi connectivity index (χ1) is 11.7. The molecule has 0 saturated heterocycles. The van der Waals surface area contributed by atoms with Crippen molar-refractivity contribution in [3.05, 3.63) is 27.5 Å². The van der Waals surface area contributed by atoms with Crippen LogP contribution in [0.25, 0.3) is 0 Å². The lowest BCUT2D eigenvalue weighted by Crippen LogP contribution is -2.26. The van der Waals surface area contributed by atoms with Gasteiger partial charge in [-0.3, -0.25) is 9.79 Å². The smallest absolute Gasteiger partial charge is 0.340 e. The fourth-order valence-corrected chi connectivity index (χ4v) is 4.59. The van der Waals surface area contributed by atoms with Crippen LogP contribution in [0.15, 0.2) is 27.6 Å². The van der Waals surface area contributed by atoms with Crippen molar-refractivity contribution in [2.45, 2.75) is 38.3 Å². The molecule has 2 heterocycles. The molecule has 0 unspecified atom stereocenters. The van der Waals surface area contributed by atoms with E-state index in [1.54, 1.807) is 18.0 Å². The van der Waals surface area contributed by atoms with Crippen LogP contribution in [0.1, 0.15) is 41.7 Å². The Kier molecular flexibility index (Phi) is 8.21. The molecule has 1 aliphatic heterocycles. The zero-order chi connectivity index (χ0) is 19.2. The van der Waals surface area contributed by atoms with Crippen LogP contribution in [-0.2, 0) is 0 Å². The zero-order valence-corrected chi connectivity index (χ0v) is 16.7. The Labute approximate surface area is 155 Å². The fourth-order valence-electron chi connectivity index (χ4n) is 2.11. The molecule has 0 atom stereocenters. The number of fused-ring (bicyclic) bond motifs is 1. The summed E-state index contributed by atoms with van der Waals surface area (Å²) in [6.07, 6.45) is -2.22. The second-order valence-electron chi connectivity index (χ2n) is 5.36. The summed E-state index contributed by atoms with van der Waals surface area (Å²) in [6.45, 7) is 6.21. The van der Waals surface area contributed by atoms with Crippen molar-refractivity contribution in [2.24, 2.45) is 4.99 Å². The minimum atomic E-state index is -4.47. The van der Waals surface area contributed by atoms with Gasteiger partial charge in [-0.2, -0.15) is 13.2 Å². The van der Waals surface area contributed by atoms with E-state index in [1.807, 2.05) is 0 Å². The van der Waals surface area contributed by atoms with Gasteiger partial charge in [0, 0.05) is 31.3 Å². The quantitative estimate of drug-likeness (QED) is 0.642. The minimum Gasteiger partial charge on any atom is -0.340 e. The maximum atomic E-state index is 13.1. The summed E-state index contributed by atoms with van der Waals surface area (Å²) in [6, 6.07) is 1.64. The van der Waals surface area contributed by atoms with E-state index in [0.29, 0.717) is 16.3 Å². The maximum Gasteiger partial charge on any atom is 0.418 e. The molecule has 1 aliphatic rings. The zero-order valence-electron chi connectivity index (χ0n) is 15.0. The number of thioether (sulfide) groups is 1. The summed E-state index contributed by atoms with van der Waals surface area (Å²) in [5.74, 6) is 0.570. The topological polar surface area (TPSA) is 32.7 Å². The summed E-state index contributed by atoms with van der Waals surface area (Å²) in [7, 11) is 3.02. The molecule has 2 rings (SSSR count). The highest BCUT2D eigenvalue weighted by molar-refractivity contribution is 7.99. The van der Waals surface area contributed by atoms with E-state index in [4.69, 9.17) is 0 Å². The second kappa shape index (κ2) is 9.43. The standard InChI is InChI=1S/C14H15F3N2OS2.C3H8/c1-4-8(14(15,16)17)11(18-2)9-7-10-12(22-9)13(20)19(3)5-6-21-10;1-3-2/h4,7H,5-6H2,1-3H3;3H2,1-2H3/b8-4+,18-11?;. The Hall–Kier alpha value is -1.28. The average molecular weight is 393 g/mol. The normalized spacial score (nSPS) is 16.2. The molecule has 0 bridgehead atoms. The highest BCUT2D eigenvalue weighted by atomic mass is 32.2. The number of allylic oxidation sites excluding steroid dienone is 2. The molecule has 8 heteroatoms. The van der Waals surface area contributed by atoms with E-state index in [9.17, 15) is 18.0 Å². The van der Waals surface area contributed by atoms with E-state index >= 15 is 0 Å². The van der Waals surface area contributed by atoms with Crippen molar-refractivity contribution in [2.75, 3.05) is 26.4 Å². The summed E-state index contributed by atoms with van der Waals surface area (Å²) in [5.41, 5.74) is -0.902. The van der Waals surface area contributed by atoms with Crippen LogP contribution in [0, 0.1) is 0 Å². The molecule has 0 aromatic carbocycles. The van der Waals surface area contributed by atoms with Gasteiger partial charge in [-0.25, -0.2) is 0 Å². The van der Waals surface area contributed by atoms with Crippen LogP contribution in [0.3, 0.4) is 0 Å². The van der Waals surface area contributed by atoms with Crippen LogP contribution < -0.4 is 0 Å². The maximum absolute atomic E-state index is 13.1. The van der Waals surface area contributed by atoms with E-state index in [2.05, 4.69) is 18.8 Å². The van der Waals surface area contributed by atoms with Gasteiger partial charge in [-0.05, 0) is 13.0 Å². The molecule has 0 aliphatic carbocycles. The SMILES string of the molecule is C/C=C(\C(=NC)c1cc2c(s1)C(=O)N(C)CCS2)C(F)(F)F.CCC. The summed E-state index contributed by atoms with van der Waals surface area (Å²) in [4.78, 5) is 19.2. The minimum absolute atomic E-state index is 0.121. The molecular formula is C17H23F3N2OS2. The van der Waals surface area contributed by atoms with Gasteiger partial charge in [-0.1, -0.05) is 26.3 Å². The van der Waals surface area contributed by atoms with Crippen molar-refractivity contribution < 1.29 is 18.0 Å². The third kappa shape index (κ3) is 5.34. The van der Waals surface area contributed by atoms with Gasteiger partial charge in [0.15, 0.2) is 0 Å². The molecule has 3 nitrogen and oxygen atoms in total. The number of rotatable bonds is 2. The summed E-state index contributed by atoms with van der Waals surface area (Å²) in [5, 5.41) is 0. The Bertz CT molecular complexity index is 663. The first kappa shape index (κ1) is 21.8. The molecule has 0 spiro atoms. The highest BCUT2D eigenvalue weighted by Gasteiger charge is 2.37. The lowest BCUT2D eigenvalue weighted by Gasteiger charge is -2.13. The Morgan fingerprint density at radius 2 is 2.00 bits per heavy atom. The second-order valence-corrected chi connectivity index (χ2v) is 7.55. The number of hydrogen-bond acceptors (Lipinski definition) is 4. The Morgan fingerprint density at radius 1 is 1.40 bits per heavy atom. The van der Waals surface area contributed by atoms with Gasteiger partial charge in [0.25, 0.3) is 5.91 Å². The van der Waals surface area contributed by atoms with Gasteiger partial charge in [0.2, 0.25) is 0 Å². The van der Waals surface area contributed by atoms with Crippen molar-refractivity contribution in [3.63, 3.8) is 0 Å². The van der Waals surface area contributed by atoms with E-state index < -0.39 is 11.7 Å². The number of amides is 1. The molecule has 1 aromatic rings. The van der Waals surface area contributed by atoms with Crippen LogP contribution >= 0.6 is 23.1 Å². The van der Waals surface area contributed by atoms with Gasteiger partial charge in [0.05, 0.1) is 16.2 Å². The van der Waals surface area contributed by atoms with Gasteiger partial charge < -0.3 is 4.90 Å². The van der Waals surface area contributed by atoms with Crippen LogP contribution in [0.5, 0.6) is 0 Å². The van der Waals surface area contributed by atoms with Gasteiger partial charge >= 0.3 is 6.18 Å². The Balaban J connectivity index is 0.000000970. The molecular weight excluding hydrogens is 369 g/mol. The largest absolute Gasteiger partial charge is 0.418 e. The molecule has 140 valence electrons. The Morgan fingerprint density at radius 3 is 2.48 bits per heavy atom. The molecule has 0 saturated carbocycles. The number of aliphatic imine (C=N–C) groups is 1. The molecule has 0 fully saturated rings. The van der Waals surface area contributed by atoms with Gasteiger partial charge in [-0.15, -0.1) is 23.1 Å². The number of thiophene rings is 1. The van der Waals surface area contributed by atoms with Crippen LogP contribution in [0.4, 0.5) is 13.2 Å². The third-order valence-electron chi connectivity index (χ3n) is 3.23. The molecule has 0 radical (unpaired) electrons. The van der Waals surface area contributed by atoms with Crippen molar-refractivity contribution in [1.29, 1.82) is 0 Å². The molecule has 1 amide bonds.